The molecule has 0 atom stereocenters. The monoisotopic (exact) mass is 176 g/mol. The van der Waals surface area contributed by atoms with Crippen LogP contribution in [0.5, 0.6) is 6.08 Å². The van der Waals surface area contributed by atoms with E-state index in [0.29, 0.717) is 5.89 Å². The molecule has 0 N–H and O–H groups in total. The molecule has 2 rings (SSSR count). The summed E-state index contributed by atoms with van der Waals surface area (Å²) >= 11 is 0. The predicted molar refractivity (Wildman–Crippen MR) is 46.3 cm³/mol. The number of rotatable bonds is 2. The Kier molecular flexibility index (Phi) is 1.96. The zero-order valence-corrected chi connectivity index (χ0v) is 7.10. The first kappa shape index (κ1) is 7.79. The lowest BCUT2D eigenvalue weighted by Gasteiger charge is -1.91. The van der Waals surface area contributed by atoms with Gasteiger partial charge in [0, 0.05) is 5.56 Å². The van der Waals surface area contributed by atoms with Gasteiger partial charge in [0.15, 0.2) is 0 Å². The van der Waals surface area contributed by atoms with Gasteiger partial charge in [-0.15, -0.1) is 5.10 Å². The summed E-state index contributed by atoms with van der Waals surface area (Å²) in [7, 11) is 1.49. The van der Waals surface area contributed by atoms with Crippen LogP contribution in [0.25, 0.3) is 11.5 Å². The minimum Gasteiger partial charge on any atom is -0.452 e. The van der Waals surface area contributed by atoms with Crippen molar-refractivity contribution in [2.75, 3.05) is 7.11 Å². The Morgan fingerprint density at radius 1 is 1.15 bits per heavy atom. The number of hydrogen-bond donors (Lipinski definition) is 0. The van der Waals surface area contributed by atoms with Gasteiger partial charge in [0.2, 0.25) is 0 Å². The first-order chi connectivity index (χ1) is 6.40. The molecule has 0 fully saturated rings. The average molecular weight is 176 g/mol. The Bertz CT molecular complexity index is 384. The Morgan fingerprint density at radius 3 is 2.54 bits per heavy atom. The van der Waals surface area contributed by atoms with Crippen LogP contribution in [0.4, 0.5) is 0 Å². The van der Waals surface area contributed by atoms with E-state index in [2.05, 4.69) is 10.2 Å². The third kappa shape index (κ3) is 1.51. The van der Waals surface area contributed by atoms with Gasteiger partial charge >= 0.3 is 6.08 Å². The minimum atomic E-state index is 0.179. The number of methoxy groups -OCH3 is 1. The Balaban J connectivity index is 2.36. The molecule has 0 aliphatic rings. The summed E-state index contributed by atoms with van der Waals surface area (Å²) in [6.45, 7) is 0. The molecular weight excluding hydrogens is 168 g/mol. The van der Waals surface area contributed by atoms with E-state index in [9.17, 15) is 0 Å². The van der Waals surface area contributed by atoms with Crippen LogP contribution in [0, 0.1) is 0 Å². The lowest BCUT2D eigenvalue weighted by atomic mass is 10.2. The summed E-state index contributed by atoms with van der Waals surface area (Å²) in [6.07, 6.45) is 0.179. The summed E-state index contributed by atoms with van der Waals surface area (Å²) in [5, 5.41) is 7.49. The molecule has 1 aromatic carbocycles. The van der Waals surface area contributed by atoms with Gasteiger partial charge in [-0.25, -0.2) is 0 Å². The third-order valence-corrected chi connectivity index (χ3v) is 1.60. The van der Waals surface area contributed by atoms with Crippen LogP contribution in [0.3, 0.4) is 0 Å². The second kappa shape index (κ2) is 3.26. The van der Waals surface area contributed by atoms with Gasteiger partial charge in [0.25, 0.3) is 5.89 Å². The lowest BCUT2D eigenvalue weighted by molar-refractivity contribution is 0.293. The lowest BCUT2D eigenvalue weighted by Crippen LogP contribution is -1.79. The fourth-order valence-electron chi connectivity index (χ4n) is 0.990. The summed E-state index contributed by atoms with van der Waals surface area (Å²) in [6, 6.07) is 9.54. The summed E-state index contributed by atoms with van der Waals surface area (Å²) < 4.78 is 9.95. The molecule has 66 valence electrons. The second-order valence-electron chi connectivity index (χ2n) is 2.44. The van der Waals surface area contributed by atoms with E-state index in [1.807, 2.05) is 30.3 Å². The number of ether oxygens (including phenoxy) is 1. The number of benzene rings is 1. The standard InChI is InChI=1S/C9H8N2O2/c1-12-9-11-10-8(13-9)7-5-3-2-4-6-7/h2-6H,1H3. The molecule has 0 amide bonds. The van der Waals surface area contributed by atoms with E-state index in [-0.39, 0.29) is 6.08 Å². The van der Waals surface area contributed by atoms with Crippen molar-refractivity contribution in [2.24, 2.45) is 0 Å². The first-order valence-electron chi connectivity index (χ1n) is 3.83. The molecule has 0 saturated carbocycles. The van der Waals surface area contributed by atoms with E-state index >= 15 is 0 Å². The van der Waals surface area contributed by atoms with Crippen molar-refractivity contribution in [1.29, 1.82) is 0 Å². The van der Waals surface area contributed by atoms with Crippen LogP contribution >= 0.6 is 0 Å². The van der Waals surface area contributed by atoms with Crippen LogP contribution in [0.2, 0.25) is 0 Å². The van der Waals surface area contributed by atoms with Crippen LogP contribution in [0.15, 0.2) is 34.7 Å². The molecule has 0 bridgehead atoms. The Labute approximate surface area is 75.2 Å². The minimum absolute atomic E-state index is 0.179. The fraction of sp³-hybridized carbons (Fsp3) is 0.111. The summed E-state index contributed by atoms with van der Waals surface area (Å²) in [5.74, 6) is 0.470. The highest BCUT2D eigenvalue weighted by Gasteiger charge is 2.06. The van der Waals surface area contributed by atoms with Gasteiger partial charge in [-0.05, 0) is 12.1 Å². The summed E-state index contributed by atoms with van der Waals surface area (Å²) in [5.41, 5.74) is 0.887. The molecule has 0 saturated heterocycles. The zero-order chi connectivity index (χ0) is 9.10. The highest BCUT2D eigenvalue weighted by atomic mass is 16.6. The highest BCUT2D eigenvalue weighted by Crippen LogP contribution is 2.19. The number of aromatic nitrogens is 2. The summed E-state index contributed by atoms with van der Waals surface area (Å²) in [4.78, 5) is 0. The smallest absolute Gasteiger partial charge is 0.414 e. The molecule has 2 aromatic rings. The average Bonchev–Trinajstić information content (AvgIpc) is 2.67. The maximum atomic E-state index is 5.17. The van der Waals surface area contributed by atoms with Gasteiger partial charge in [-0.3, -0.25) is 0 Å². The Hall–Kier alpha value is -1.84. The molecule has 13 heavy (non-hydrogen) atoms. The third-order valence-electron chi connectivity index (χ3n) is 1.60. The van der Waals surface area contributed by atoms with E-state index in [1.54, 1.807) is 0 Å². The molecule has 0 radical (unpaired) electrons. The van der Waals surface area contributed by atoms with Crippen molar-refractivity contribution >= 4 is 0 Å². The molecule has 4 heteroatoms. The van der Waals surface area contributed by atoms with Crippen molar-refractivity contribution in [3.63, 3.8) is 0 Å². The maximum absolute atomic E-state index is 5.17. The SMILES string of the molecule is COc1nnc(-c2ccccc2)o1. The van der Waals surface area contributed by atoms with Crippen LogP contribution in [-0.4, -0.2) is 17.3 Å². The highest BCUT2D eigenvalue weighted by molar-refractivity contribution is 5.51. The van der Waals surface area contributed by atoms with E-state index in [4.69, 9.17) is 9.15 Å². The molecule has 0 unspecified atom stereocenters. The first-order valence-corrected chi connectivity index (χ1v) is 3.83. The van der Waals surface area contributed by atoms with Gasteiger partial charge in [0.1, 0.15) is 0 Å². The molecule has 0 aliphatic heterocycles. The van der Waals surface area contributed by atoms with Crippen molar-refractivity contribution in [3.05, 3.63) is 30.3 Å². The fourth-order valence-corrected chi connectivity index (χ4v) is 0.990. The molecule has 1 heterocycles. The van der Waals surface area contributed by atoms with Gasteiger partial charge in [0.05, 0.1) is 7.11 Å². The van der Waals surface area contributed by atoms with Crippen LogP contribution in [-0.2, 0) is 0 Å². The van der Waals surface area contributed by atoms with Crippen molar-refractivity contribution in [1.82, 2.24) is 10.2 Å². The van der Waals surface area contributed by atoms with Gasteiger partial charge in [-0.2, -0.15) is 0 Å². The second-order valence-corrected chi connectivity index (χ2v) is 2.44. The molecule has 4 nitrogen and oxygen atoms in total. The van der Waals surface area contributed by atoms with Crippen molar-refractivity contribution in [3.8, 4) is 17.5 Å². The maximum Gasteiger partial charge on any atom is 0.414 e. The van der Waals surface area contributed by atoms with E-state index < -0.39 is 0 Å². The molecule has 1 aromatic heterocycles. The van der Waals surface area contributed by atoms with Crippen LogP contribution in [0.1, 0.15) is 0 Å². The number of hydrogen-bond acceptors (Lipinski definition) is 4. The predicted octanol–water partition coefficient (Wildman–Crippen LogP) is 1.75. The van der Waals surface area contributed by atoms with E-state index in [1.165, 1.54) is 7.11 Å². The molecule has 0 aliphatic carbocycles. The quantitative estimate of drug-likeness (QED) is 0.699. The molecular formula is C9H8N2O2. The largest absolute Gasteiger partial charge is 0.452 e. The normalized spacial score (nSPS) is 9.92. The van der Waals surface area contributed by atoms with Gasteiger partial charge < -0.3 is 9.15 Å². The topological polar surface area (TPSA) is 48.2 Å². The molecule has 0 spiro atoms. The zero-order valence-electron chi connectivity index (χ0n) is 7.10. The van der Waals surface area contributed by atoms with E-state index in [0.717, 1.165) is 5.56 Å². The van der Waals surface area contributed by atoms with Crippen molar-refractivity contribution in [2.45, 2.75) is 0 Å². The van der Waals surface area contributed by atoms with Crippen molar-refractivity contribution < 1.29 is 9.15 Å². The van der Waals surface area contributed by atoms with Gasteiger partial charge in [-0.1, -0.05) is 23.3 Å². The Morgan fingerprint density at radius 2 is 1.92 bits per heavy atom. The number of nitrogens with zero attached hydrogens (tertiary/aromatic N) is 2. The van der Waals surface area contributed by atoms with Crippen LogP contribution < -0.4 is 4.74 Å².